The molecule has 1 unspecified atom stereocenters. The molecule has 37 heavy (non-hydrogen) atoms. The van der Waals surface area contributed by atoms with Gasteiger partial charge in [-0.3, -0.25) is 14.9 Å². The lowest BCUT2D eigenvalue weighted by Crippen LogP contribution is -2.31. The number of likely N-dealkylation sites (tertiary alicyclic amines) is 1. The number of thiophene rings is 1. The quantitative estimate of drug-likeness (QED) is 0.265. The summed E-state index contributed by atoms with van der Waals surface area (Å²) in [6.07, 6.45) is 8.71. The van der Waals surface area contributed by atoms with Crippen LogP contribution in [0.25, 0.3) is 22.3 Å². The highest BCUT2D eigenvalue weighted by atomic mass is 32.1. The smallest absolute Gasteiger partial charge is 0.326 e. The number of carbonyl (C=O) groups excluding carboxylic acids is 3. The molecule has 1 saturated carbocycles. The molecular weight excluding hydrogens is 492 g/mol. The van der Waals surface area contributed by atoms with E-state index in [2.05, 4.69) is 38.3 Å². The number of hydrogen-bond acceptors (Lipinski definition) is 8. The Balaban J connectivity index is 1.25. The Morgan fingerprint density at radius 3 is 2.84 bits per heavy atom. The lowest BCUT2D eigenvalue weighted by molar-refractivity contribution is -0.115. The van der Waals surface area contributed by atoms with Crippen molar-refractivity contribution in [2.45, 2.75) is 44.2 Å². The van der Waals surface area contributed by atoms with Gasteiger partial charge in [-0.2, -0.15) is 9.61 Å². The van der Waals surface area contributed by atoms with Crippen molar-refractivity contribution in [3.63, 3.8) is 0 Å². The number of amides is 4. The zero-order valence-corrected chi connectivity index (χ0v) is 21.2. The van der Waals surface area contributed by atoms with Crippen molar-refractivity contribution in [2.24, 2.45) is 0 Å². The maximum atomic E-state index is 12.8. The topological polar surface area (TPSA) is 133 Å². The van der Waals surface area contributed by atoms with Crippen LogP contribution in [-0.2, 0) is 4.79 Å². The molecule has 0 spiro atoms. The Hall–Kier alpha value is -3.77. The summed E-state index contributed by atoms with van der Waals surface area (Å²) in [6, 6.07) is 6.03. The van der Waals surface area contributed by atoms with Crippen molar-refractivity contribution in [3.05, 3.63) is 40.5 Å². The van der Waals surface area contributed by atoms with Crippen molar-refractivity contribution < 1.29 is 14.4 Å². The van der Waals surface area contributed by atoms with Crippen LogP contribution >= 0.6 is 11.3 Å². The molecule has 4 N–H and O–H groups in total. The highest BCUT2D eigenvalue weighted by molar-refractivity contribution is 7.17. The van der Waals surface area contributed by atoms with Crippen LogP contribution in [0, 0.1) is 0 Å². The Morgan fingerprint density at radius 2 is 2.11 bits per heavy atom. The van der Waals surface area contributed by atoms with E-state index in [1.807, 2.05) is 18.2 Å². The second-order valence-electron chi connectivity index (χ2n) is 9.73. The molecule has 2 aliphatic heterocycles. The maximum absolute atomic E-state index is 12.8. The van der Waals surface area contributed by atoms with Gasteiger partial charge in [-0.15, -0.1) is 11.3 Å². The summed E-state index contributed by atoms with van der Waals surface area (Å²) in [7, 11) is 2.14. The molecule has 0 aromatic carbocycles. The molecule has 3 aliphatic rings. The highest BCUT2D eigenvalue weighted by Crippen LogP contribution is 2.32. The first-order valence-corrected chi connectivity index (χ1v) is 13.3. The van der Waals surface area contributed by atoms with Gasteiger partial charge in [-0.1, -0.05) is 0 Å². The van der Waals surface area contributed by atoms with Gasteiger partial charge in [0, 0.05) is 30.3 Å². The average Bonchev–Trinajstić information content (AvgIpc) is 3.22. The molecule has 12 heteroatoms. The molecule has 192 valence electrons. The SMILES string of the molecule is CN1CCCC1CCNC(=O)c1ccc(-c2cc(NC3CC3)n3ncc(/C=C4\NC(=O)NC4=O)c3n2)s1. The average molecular weight is 521 g/mol. The van der Waals surface area contributed by atoms with E-state index >= 15 is 0 Å². The molecule has 2 saturated heterocycles. The van der Waals surface area contributed by atoms with Crippen LogP contribution < -0.4 is 21.3 Å². The van der Waals surface area contributed by atoms with Crippen LogP contribution in [0.2, 0.25) is 0 Å². The molecule has 3 aromatic rings. The van der Waals surface area contributed by atoms with Crippen molar-refractivity contribution in [1.29, 1.82) is 0 Å². The fourth-order valence-electron chi connectivity index (χ4n) is 4.77. The molecule has 5 heterocycles. The molecule has 3 aromatic heterocycles. The standard InChI is InChI=1S/C25H28N8O3S/c1-32-10-2-3-16(32)8-9-26-24(35)20-7-6-19(37-20)17-12-21(28-15-4-5-15)33-22(29-17)14(13-27-33)11-18-23(34)31-25(36)30-18/h6-7,11-13,15-16,28H,2-5,8-10H2,1H3,(H,26,35)(H2,30,31,34,36)/b18-11-. The van der Waals surface area contributed by atoms with E-state index in [-0.39, 0.29) is 11.6 Å². The third kappa shape index (κ3) is 4.94. The van der Waals surface area contributed by atoms with Gasteiger partial charge >= 0.3 is 6.03 Å². The number of nitrogens with one attached hydrogen (secondary N) is 4. The molecule has 0 bridgehead atoms. The highest BCUT2D eigenvalue weighted by Gasteiger charge is 2.26. The molecule has 6 rings (SSSR count). The van der Waals surface area contributed by atoms with Crippen LogP contribution in [0.1, 0.15) is 47.3 Å². The van der Waals surface area contributed by atoms with Crippen LogP contribution in [0.15, 0.2) is 30.1 Å². The van der Waals surface area contributed by atoms with E-state index in [0.717, 1.165) is 36.5 Å². The van der Waals surface area contributed by atoms with E-state index in [9.17, 15) is 14.4 Å². The number of aromatic nitrogens is 3. The number of fused-ring (bicyclic) bond motifs is 1. The predicted octanol–water partition coefficient (Wildman–Crippen LogP) is 2.43. The fraction of sp³-hybridized carbons (Fsp3) is 0.400. The summed E-state index contributed by atoms with van der Waals surface area (Å²) in [4.78, 5) is 45.0. The molecule has 1 aliphatic carbocycles. The number of rotatable bonds is 8. The molecule has 1 atom stereocenters. The van der Waals surface area contributed by atoms with Crippen LogP contribution in [-0.4, -0.2) is 69.6 Å². The van der Waals surface area contributed by atoms with Gasteiger partial charge in [0.1, 0.15) is 11.5 Å². The van der Waals surface area contributed by atoms with Crippen molar-refractivity contribution >= 4 is 46.7 Å². The summed E-state index contributed by atoms with van der Waals surface area (Å²) in [5.74, 6) is 0.213. The number of hydrogen-bond donors (Lipinski definition) is 4. The van der Waals surface area contributed by atoms with Crippen LogP contribution in [0.3, 0.4) is 0 Å². The minimum absolute atomic E-state index is 0.0768. The van der Waals surface area contributed by atoms with E-state index in [1.165, 1.54) is 24.2 Å². The number of imide groups is 1. The Bertz CT molecular complexity index is 1420. The minimum Gasteiger partial charge on any atom is -0.367 e. The summed E-state index contributed by atoms with van der Waals surface area (Å²) < 4.78 is 1.70. The number of nitrogens with zero attached hydrogens (tertiary/aromatic N) is 4. The normalized spacial score (nSPS) is 21.0. The Kier molecular flexibility index (Phi) is 6.13. The first kappa shape index (κ1) is 23.6. The zero-order valence-electron chi connectivity index (χ0n) is 20.4. The van der Waals surface area contributed by atoms with E-state index in [1.54, 1.807) is 16.8 Å². The summed E-state index contributed by atoms with van der Waals surface area (Å²) in [6.45, 7) is 1.78. The lowest BCUT2D eigenvalue weighted by Gasteiger charge is -2.19. The molecule has 3 fully saturated rings. The van der Waals surface area contributed by atoms with Gasteiger partial charge in [0.05, 0.1) is 21.6 Å². The second-order valence-corrected chi connectivity index (χ2v) is 10.8. The van der Waals surface area contributed by atoms with Crippen LogP contribution in [0.4, 0.5) is 10.6 Å². The zero-order chi connectivity index (χ0) is 25.5. The van der Waals surface area contributed by atoms with E-state index in [0.29, 0.717) is 40.4 Å². The lowest BCUT2D eigenvalue weighted by atomic mass is 10.1. The number of urea groups is 1. The third-order valence-corrected chi connectivity index (χ3v) is 8.07. The number of carbonyl (C=O) groups is 3. The van der Waals surface area contributed by atoms with Crippen molar-refractivity contribution in [3.8, 4) is 10.6 Å². The summed E-state index contributed by atoms with van der Waals surface area (Å²) in [5, 5.41) is 15.7. The van der Waals surface area contributed by atoms with Gasteiger partial charge in [-0.05, 0) is 63.9 Å². The Labute approximate surface area is 217 Å². The van der Waals surface area contributed by atoms with Gasteiger partial charge < -0.3 is 20.9 Å². The molecular formula is C25H28N8O3S. The number of anilines is 1. The summed E-state index contributed by atoms with van der Waals surface area (Å²) >= 11 is 1.39. The fourth-order valence-corrected chi connectivity index (χ4v) is 5.65. The Morgan fingerprint density at radius 1 is 1.24 bits per heavy atom. The summed E-state index contributed by atoms with van der Waals surface area (Å²) in [5.41, 5.74) is 1.98. The van der Waals surface area contributed by atoms with Gasteiger partial charge in [0.2, 0.25) is 0 Å². The molecule has 11 nitrogen and oxygen atoms in total. The van der Waals surface area contributed by atoms with E-state index < -0.39 is 11.9 Å². The van der Waals surface area contributed by atoms with Crippen molar-refractivity contribution in [1.82, 2.24) is 35.4 Å². The monoisotopic (exact) mass is 520 g/mol. The largest absolute Gasteiger partial charge is 0.367 e. The van der Waals surface area contributed by atoms with Gasteiger partial charge in [0.25, 0.3) is 11.8 Å². The first-order chi connectivity index (χ1) is 17.9. The second kappa shape index (κ2) is 9.60. The molecule has 0 radical (unpaired) electrons. The van der Waals surface area contributed by atoms with E-state index in [4.69, 9.17) is 4.98 Å². The minimum atomic E-state index is -0.558. The van der Waals surface area contributed by atoms with Crippen molar-refractivity contribution in [2.75, 3.05) is 25.5 Å². The predicted molar refractivity (Wildman–Crippen MR) is 140 cm³/mol. The third-order valence-electron chi connectivity index (χ3n) is 6.97. The molecule has 4 amide bonds. The van der Waals surface area contributed by atoms with Gasteiger partial charge in [-0.25, -0.2) is 9.78 Å². The van der Waals surface area contributed by atoms with Crippen LogP contribution in [0.5, 0.6) is 0 Å². The maximum Gasteiger partial charge on any atom is 0.326 e. The first-order valence-electron chi connectivity index (χ1n) is 12.5. The van der Waals surface area contributed by atoms with Gasteiger partial charge in [0.15, 0.2) is 5.65 Å².